The number of nitrogens with zero attached hydrogens (tertiary/aromatic N) is 1. The largest absolute Gasteiger partial charge is 0.508 e. The quantitative estimate of drug-likeness (QED) is 0.901. The van der Waals surface area contributed by atoms with Gasteiger partial charge in [-0.2, -0.15) is 5.26 Å². The molecule has 1 unspecified atom stereocenters. The van der Waals surface area contributed by atoms with E-state index in [-0.39, 0.29) is 11.8 Å². The van der Waals surface area contributed by atoms with Gasteiger partial charge in [-0.05, 0) is 37.3 Å². The van der Waals surface area contributed by atoms with Crippen LogP contribution in [0.3, 0.4) is 0 Å². The zero-order valence-electron chi connectivity index (χ0n) is 11.7. The molecule has 0 saturated carbocycles. The minimum atomic E-state index is -0.414. The van der Waals surface area contributed by atoms with Gasteiger partial charge in [0, 0.05) is 11.6 Å². The number of anilines is 1. The van der Waals surface area contributed by atoms with Crippen LogP contribution in [0.1, 0.15) is 24.1 Å². The number of rotatable bonds is 4. The van der Waals surface area contributed by atoms with Crippen LogP contribution in [0.5, 0.6) is 11.5 Å². The molecule has 5 heteroatoms. The van der Waals surface area contributed by atoms with Gasteiger partial charge in [-0.15, -0.1) is 0 Å². The zero-order chi connectivity index (χ0) is 15.4. The number of benzene rings is 2. The van der Waals surface area contributed by atoms with Crippen LogP contribution in [-0.4, -0.2) is 12.2 Å². The summed E-state index contributed by atoms with van der Waals surface area (Å²) in [5.41, 5.74) is 1.59. The van der Waals surface area contributed by atoms with Gasteiger partial charge in [0.15, 0.2) is 0 Å². The first-order valence-electron chi connectivity index (χ1n) is 6.38. The monoisotopic (exact) mass is 286 g/mol. The van der Waals surface area contributed by atoms with Gasteiger partial charge < -0.3 is 15.2 Å². The highest BCUT2D eigenvalue weighted by atomic mass is 19.1. The number of ether oxygens (including phenoxy) is 1. The highest BCUT2D eigenvalue weighted by Crippen LogP contribution is 2.32. The third-order valence-corrected chi connectivity index (χ3v) is 3.16. The van der Waals surface area contributed by atoms with Crippen LogP contribution in [0.4, 0.5) is 10.1 Å². The average molecular weight is 286 g/mol. The lowest BCUT2D eigenvalue weighted by atomic mass is 10.1. The van der Waals surface area contributed by atoms with E-state index in [1.165, 1.54) is 25.3 Å². The molecule has 108 valence electrons. The Balaban J connectivity index is 2.29. The van der Waals surface area contributed by atoms with Crippen molar-refractivity contribution in [1.82, 2.24) is 0 Å². The zero-order valence-corrected chi connectivity index (χ0v) is 11.7. The number of aromatic hydroxyl groups is 1. The lowest BCUT2D eigenvalue weighted by molar-refractivity contribution is 0.415. The topological polar surface area (TPSA) is 65.3 Å². The molecule has 1 atom stereocenters. The summed E-state index contributed by atoms with van der Waals surface area (Å²) >= 11 is 0. The Hall–Kier alpha value is -2.74. The number of phenols is 1. The molecule has 0 amide bonds. The van der Waals surface area contributed by atoms with Crippen molar-refractivity contribution in [3.05, 3.63) is 53.3 Å². The van der Waals surface area contributed by atoms with Crippen LogP contribution >= 0.6 is 0 Å². The number of hydrogen-bond donors (Lipinski definition) is 2. The number of methoxy groups -OCH3 is 1. The Morgan fingerprint density at radius 3 is 2.71 bits per heavy atom. The number of hydrogen-bond acceptors (Lipinski definition) is 4. The molecule has 0 aliphatic heterocycles. The maximum absolute atomic E-state index is 13.3. The van der Waals surface area contributed by atoms with Gasteiger partial charge in [-0.25, -0.2) is 4.39 Å². The third kappa shape index (κ3) is 3.23. The van der Waals surface area contributed by atoms with Crippen LogP contribution in [0.25, 0.3) is 0 Å². The number of nitrogens with one attached hydrogen (secondary N) is 1. The second-order valence-electron chi connectivity index (χ2n) is 4.60. The molecule has 0 heterocycles. The van der Waals surface area contributed by atoms with E-state index in [2.05, 4.69) is 5.32 Å². The molecule has 0 saturated heterocycles. The maximum atomic E-state index is 13.3. The van der Waals surface area contributed by atoms with E-state index in [1.807, 2.05) is 6.07 Å². The molecule has 4 nitrogen and oxygen atoms in total. The van der Waals surface area contributed by atoms with E-state index in [4.69, 9.17) is 10.00 Å². The molecule has 2 aromatic carbocycles. The minimum Gasteiger partial charge on any atom is -0.508 e. The maximum Gasteiger partial charge on any atom is 0.143 e. The molecule has 0 spiro atoms. The van der Waals surface area contributed by atoms with Crippen molar-refractivity contribution >= 4 is 5.69 Å². The fraction of sp³-hybridized carbons (Fsp3) is 0.188. The van der Waals surface area contributed by atoms with E-state index in [9.17, 15) is 9.50 Å². The van der Waals surface area contributed by atoms with Crippen LogP contribution in [0, 0.1) is 17.1 Å². The van der Waals surface area contributed by atoms with E-state index in [1.54, 1.807) is 25.1 Å². The molecule has 2 aromatic rings. The third-order valence-electron chi connectivity index (χ3n) is 3.16. The summed E-state index contributed by atoms with van der Waals surface area (Å²) < 4.78 is 18.5. The molecule has 0 aromatic heterocycles. The van der Waals surface area contributed by atoms with Crippen molar-refractivity contribution < 1.29 is 14.2 Å². The molecule has 2 N–H and O–H groups in total. The molecular weight excluding hydrogens is 271 g/mol. The van der Waals surface area contributed by atoms with Crippen molar-refractivity contribution in [3.63, 3.8) is 0 Å². The summed E-state index contributed by atoms with van der Waals surface area (Å²) in [6.07, 6.45) is 0. The van der Waals surface area contributed by atoms with Gasteiger partial charge in [0.1, 0.15) is 17.3 Å². The van der Waals surface area contributed by atoms with Crippen LogP contribution < -0.4 is 10.1 Å². The fourth-order valence-corrected chi connectivity index (χ4v) is 2.06. The Morgan fingerprint density at radius 1 is 1.29 bits per heavy atom. The Morgan fingerprint density at radius 2 is 2.05 bits per heavy atom. The normalized spacial score (nSPS) is 11.5. The van der Waals surface area contributed by atoms with Gasteiger partial charge >= 0.3 is 0 Å². The fourth-order valence-electron chi connectivity index (χ4n) is 2.06. The molecule has 0 radical (unpaired) electrons. The van der Waals surface area contributed by atoms with E-state index >= 15 is 0 Å². The standard InChI is InChI=1S/C16H15FN2O2/c1-10(13-8-12(17)4-6-15(13)20)19-14-5-3-11(9-18)7-16(14)21-2/h3-8,10,19-20H,1-2H3. The van der Waals surface area contributed by atoms with Gasteiger partial charge in [0.2, 0.25) is 0 Å². The predicted octanol–water partition coefficient (Wildman–Crippen LogP) is 3.58. The molecule has 2 rings (SSSR count). The summed E-state index contributed by atoms with van der Waals surface area (Å²) in [6.45, 7) is 1.80. The average Bonchev–Trinajstić information content (AvgIpc) is 2.49. The summed E-state index contributed by atoms with van der Waals surface area (Å²) in [4.78, 5) is 0. The van der Waals surface area contributed by atoms with Gasteiger partial charge in [-0.3, -0.25) is 0 Å². The molecular formula is C16H15FN2O2. The van der Waals surface area contributed by atoms with Gasteiger partial charge in [0.25, 0.3) is 0 Å². The van der Waals surface area contributed by atoms with Crippen molar-refractivity contribution in [2.75, 3.05) is 12.4 Å². The summed E-state index contributed by atoms with van der Waals surface area (Å²) in [5, 5.41) is 21.8. The van der Waals surface area contributed by atoms with E-state index in [0.29, 0.717) is 22.6 Å². The smallest absolute Gasteiger partial charge is 0.143 e. The SMILES string of the molecule is COc1cc(C#N)ccc1NC(C)c1cc(F)ccc1O. The van der Waals surface area contributed by atoms with Crippen LogP contribution in [0.2, 0.25) is 0 Å². The molecule has 0 fully saturated rings. The van der Waals surface area contributed by atoms with Gasteiger partial charge in [0.05, 0.1) is 30.5 Å². The highest BCUT2D eigenvalue weighted by molar-refractivity contribution is 5.60. The first-order valence-corrected chi connectivity index (χ1v) is 6.38. The van der Waals surface area contributed by atoms with Crippen molar-refractivity contribution in [2.24, 2.45) is 0 Å². The summed E-state index contributed by atoms with van der Waals surface area (Å²) in [7, 11) is 1.51. The number of phenolic OH excluding ortho intramolecular Hbond substituents is 1. The van der Waals surface area contributed by atoms with E-state index in [0.717, 1.165) is 0 Å². The van der Waals surface area contributed by atoms with Gasteiger partial charge in [-0.1, -0.05) is 0 Å². The van der Waals surface area contributed by atoms with Crippen molar-refractivity contribution in [3.8, 4) is 17.6 Å². The highest BCUT2D eigenvalue weighted by Gasteiger charge is 2.14. The van der Waals surface area contributed by atoms with E-state index < -0.39 is 5.82 Å². The first-order chi connectivity index (χ1) is 10.0. The van der Waals surface area contributed by atoms with Crippen molar-refractivity contribution in [2.45, 2.75) is 13.0 Å². The second kappa shape index (κ2) is 6.14. The first kappa shape index (κ1) is 14.7. The Labute approximate surface area is 122 Å². The Kier molecular flexibility index (Phi) is 4.29. The number of nitriles is 1. The van der Waals surface area contributed by atoms with Crippen LogP contribution in [-0.2, 0) is 0 Å². The van der Waals surface area contributed by atoms with Crippen LogP contribution in [0.15, 0.2) is 36.4 Å². The second-order valence-corrected chi connectivity index (χ2v) is 4.60. The molecule has 0 aliphatic carbocycles. The molecule has 0 aliphatic rings. The summed E-state index contributed by atoms with van der Waals surface area (Å²) in [5.74, 6) is 0.115. The lowest BCUT2D eigenvalue weighted by Crippen LogP contribution is -2.08. The molecule has 0 bridgehead atoms. The summed E-state index contributed by atoms with van der Waals surface area (Å²) in [6, 6.07) is 10.5. The molecule has 21 heavy (non-hydrogen) atoms. The minimum absolute atomic E-state index is 0.0176. The predicted molar refractivity (Wildman–Crippen MR) is 77.8 cm³/mol. The van der Waals surface area contributed by atoms with Crippen molar-refractivity contribution in [1.29, 1.82) is 5.26 Å². The number of halogens is 1. The Bertz CT molecular complexity index is 695. The lowest BCUT2D eigenvalue weighted by Gasteiger charge is -2.19.